The molecule has 0 radical (unpaired) electrons. The smallest absolute Gasteiger partial charge is 0.274 e. The van der Waals surface area contributed by atoms with Crippen LogP contribution in [0.25, 0.3) is 0 Å². The molecule has 20 heavy (non-hydrogen) atoms. The zero-order chi connectivity index (χ0) is 13.9. The first-order valence-electron chi connectivity index (χ1n) is 6.99. The Hall–Kier alpha value is -2.18. The maximum Gasteiger partial charge on any atom is 0.274 e. The molecule has 1 amide bonds. The van der Waals surface area contributed by atoms with Crippen LogP contribution in [0.4, 0.5) is 0 Å². The van der Waals surface area contributed by atoms with E-state index in [4.69, 9.17) is 0 Å². The standard InChI is InChI=1S/C13H18N6O/c1-2-18-8-6-10(17-18)13(20)19-7-4-3-5-11(19)12-14-9-15-16-12/h6,8-9,11H,2-5,7H2,1H3,(H,14,15,16). The Morgan fingerprint density at radius 1 is 1.50 bits per heavy atom. The molecule has 1 aliphatic heterocycles. The number of carbonyl (C=O) groups is 1. The van der Waals surface area contributed by atoms with Crippen molar-refractivity contribution in [3.63, 3.8) is 0 Å². The van der Waals surface area contributed by atoms with Gasteiger partial charge in [-0.15, -0.1) is 0 Å². The van der Waals surface area contributed by atoms with Crippen molar-refractivity contribution in [2.24, 2.45) is 0 Å². The molecule has 0 spiro atoms. The molecule has 3 rings (SSSR count). The van der Waals surface area contributed by atoms with E-state index >= 15 is 0 Å². The second-order valence-corrected chi connectivity index (χ2v) is 4.94. The van der Waals surface area contributed by atoms with E-state index in [-0.39, 0.29) is 11.9 Å². The lowest BCUT2D eigenvalue weighted by Gasteiger charge is -2.33. The van der Waals surface area contributed by atoms with Gasteiger partial charge in [-0.3, -0.25) is 14.6 Å². The second-order valence-electron chi connectivity index (χ2n) is 4.94. The van der Waals surface area contributed by atoms with Crippen LogP contribution in [-0.4, -0.2) is 42.3 Å². The Morgan fingerprint density at radius 3 is 3.10 bits per heavy atom. The molecule has 0 aromatic carbocycles. The van der Waals surface area contributed by atoms with Gasteiger partial charge in [0.25, 0.3) is 5.91 Å². The molecule has 1 unspecified atom stereocenters. The number of nitrogens with zero attached hydrogens (tertiary/aromatic N) is 5. The van der Waals surface area contributed by atoms with E-state index in [2.05, 4.69) is 20.3 Å². The summed E-state index contributed by atoms with van der Waals surface area (Å²) in [6.07, 6.45) is 6.35. The predicted molar refractivity (Wildman–Crippen MR) is 71.9 cm³/mol. The molecular formula is C13H18N6O. The Bertz CT molecular complexity index is 575. The highest BCUT2D eigenvalue weighted by molar-refractivity contribution is 5.92. The zero-order valence-electron chi connectivity index (χ0n) is 11.5. The third-order valence-corrected chi connectivity index (χ3v) is 3.70. The third kappa shape index (κ3) is 2.31. The molecule has 7 heteroatoms. The fourth-order valence-corrected chi connectivity index (χ4v) is 2.63. The maximum atomic E-state index is 12.6. The monoisotopic (exact) mass is 274 g/mol. The van der Waals surface area contributed by atoms with Crippen molar-refractivity contribution < 1.29 is 4.79 Å². The highest BCUT2D eigenvalue weighted by Gasteiger charge is 2.31. The van der Waals surface area contributed by atoms with Gasteiger partial charge in [-0.05, 0) is 32.3 Å². The van der Waals surface area contributed by atoms with Gasteiger partial charge in [0, 0.05) is 19.3 Å². The lowest BCUT2D eigenvalue weighted by Crippen LogP contribution is -2.39. The van der Waals surface area contributed by atoms with Crippen LogP contribution in [0.1, 0.15) is 48.5 Å². The molecule has 0 bridgehead atoms. The van der Waals surface area contributed by atoms with Gasteiger partial charge in [-0.25, -0.2) is 4.98 Å². The lowest BCUT2D eigenvalue weighted by atomic mass is 10.0. The second kappa shape index (κ2) is 5.44. The van der Waals surface area contributed by atoms with Gasteiger partial charge in [0.2, 0.25) is 0 Å². The van der Waals surface area contributed by atoms with Crippen molar-refractivity contribution in [3.05, 3.63) is 30.1 Å². The third-order valence-electron chi connectivity index (χ3n) is 3.70. The first-order chi connectivity index (χ1) is 9.79. The van der Waals surface area contributed by atoms with Gasteiger partial charge in [0.15, 0.2) is 0 Å². The van der Waals surface area contributed by atoms with Crippen LogP contribution in [0, 0.1) is 0 Å². The number of aromatic nitrogens is 5. The molecule has 1 saturated heterocycles. The van der Waals surface area contributed by atoms with Gasteiger partial charge < -0.3 is 4.90 Å². The lowest BCUT2D eigenvalue weighted by molar-refractivity contribution is 0.0593. The average Bonchev–Trinajstić information content (AvgIpc) is 3.17. The van der Waals surface area contributed by atoms with E-state index in [1.165, 1.54) is 6.33 Å². The highest BCUT2D eigenvalue weighted by Crippen LogP contribution is 2.29. The molecular weight excluding hydrogens is 256 g/mol. The first-order valence-corrected chi connectivity index (χ1v) is 6.99. The summed E-state index contributed by atoms with van der Waals surface area (Å²) in [4.78, 5) is 18.7. The SMILES string of the molecule is CCn1ccc(C(=O)N2CCCCC2c2ncn[nH]2)n1. The number of amides is 1. The summed E-state index contributed by atoms with van der Waals surface area (Å²) in [5.41, 5.74) is 0.498. The summed E-state index contributed by atoms with van der Waals surface area (Å²) >= 11 is 0. The summed E-state index contributed by atoms with van der Waals surface area (Å²) in [7, 11) is 0. The summed E-state index contributed by atoms with van der Waals surface area (Å²) in [5.74, 6) is 0.728. The molecule has 1 aliphatic rings. The predicted octanol–water partition coefficient (Wildman–Crippen LogP) is 1.39. The van der Waals surface area contributed by atoms with E-state index in [0.29, 0.717) is 5.69 Å². The van der Waals surface area contributed by atoms with Crippen LogP contribution in [0.5, 0.6) is 0 Å². The van der Waals surface area contributed by atoms with Gasteiger partial charge in [-0.1, -0.05) is 0 Å². The van der Waals surface area contributed by atoms with Crippen LogP contribution < -0.4 is 0 Å². The minimum absolute atomic E-state index is 0.0227. The number of hydrogen-bond donors (Lipinski definition) is 1. The minimum Gasteiger partial charge on any atom is -0.327 e. The number of aryl methyl sites for hydroxylation is 1. The van der Waals surface area contributed by atoms with Crippen LogP contribution in [0.15, 0.2) is 18.6 Å². The molecule has 2 aromatic heterocycles. The van der Waals surface area contributed by atoms with Gasteiger partial charge in [0.05, 0.1) is 6.04 Å². The number of hydrogen-bond acceptors (Lipinski definition) is 4. The summed E-state index contributed by atoms with van der Waals surface area (Å²) in [5, 5.41) is 11.1. The van der Waals surface area contributed by atoms with Crippen LogP contribution in [-0.2, 0) is 6.54 Å². The largest absolute Gasteiger partial charge is 0.327 e. The van der Waals surface area contributed by atoms with E-state index in [1.54, 1.807) is 10.7 Å². The number of likely N-dealkylation sites (tertiary alicyclic amines) is 1. The quantitative estimate of drug-likeness (QED) is 0.917. The number of nitrogens with one attached hydrogen (secondary N) is 1. The van der Waals surface area contributed by atoms with Crippen molar-refractivity contribution in [3.8, 4) is 0 Å². The topological polar surface area (TPSA) is 79.7 Å². The number of aromatic amines is 1. The maximum absolute atomic E-state index is 12.6. The van der Waals surface area contributed by atoms with Crippen LogP contribution in [0.2, 0.25) is 0 Å². The van der Waals surface area contributed by atoms with Gasteiger partial charge in [0.1, 0.15) is 17.8 Å². The summed E-state index contributed by atoms with van der Waals surface area (Å²) in [6, 6.07) is 1.75. The number of piperidine rings is 1. The van der Waals surface area contributed by atoms with Crippen LogP contribution in [0.3, 0.4) is 0 Å². The van der Waals surface area contributed by atoms with Crippen molar-refractivity contribution in [1.29, 1.82) is 0 Å². The van der Waals surface area contributed by atoms with E-state index < -0.39 is 0 Å². The molecule has 7 nitrogen and oxygen atoms in total. The molecule has 1 fully saturated rings. The number of carbonyl (C=O) groups excluding carboxylic acids is 1. The average molecular weight is 274 g/mol. The minimum atomic E-state index is -0.0294. The molecule has 1 N–H and O–H groups in total. The van der Waals surface area contributed by atoms with Crippen LogP contribution >= 0.6 is 0 Å². The molecule has 0 saturated carbocycles. The summed E-state index contributed by atoms with van der Waals surface area (Å²) in [6.45, 7) is 3.50. The summed E-state index contributed by atoms with van der Waals surface area (Å²) < 4.78 is 1.76. The van der Waals surface area contributed by atoms with E-state index in [0.717, 1.165) is 38.2 Å². The Kier molecular flexibility index (Phi) is 3.49. The van der Waals surface area contributed by atoms with Crippen molar-refractivity contribution in [2.75, 3.05) is 6.54 Å². The first kappa shape index (κ1) is 12.8. The van der Waals surface area contributed by atoms with Crippen molar-refractivity contribution in [2.45, 2.75) is 38.8 Å². The van der Waals surface area contributed by atoms with Crippen molar-refractivity contribution >= 4 is 5.91 Å². The Balaban J connectivity index is 1.84. The molecule has 2 aromatic rings. The Labute approximate surface area is 117 Å². The normalized spacial score (nSPS) is 19.2. The fraction of sp³-hybridized carbons (Fsp3) is 0.538. The van der Waals surface area contributed by atoms with Crippen molar-refractivity contribution in [1.82, 2.24) is 29.9 Å². The highest BCUT2D eigenvalue weighted by atomic mass is 16.2. The van der Waals surface area contributed by atoms with Gasteiger partial charge in [-0.2, -0.15) is 10.2 Å². The zero-order valence-corrected chi connectivity index (χ0v) is 11.5. The molecule has 106 valence electrons. The fourth-order valence-electron chi connectivity index (χ4n) is 2.63. The molecule has 3 heterocycles. The van der Waals surface area contributed by atoms with E-state index in [1.807, 2.05) is 18.0 Å². The van der Waals surface area contributed by atoms with E-state index in [9.17, 15) is 4.79 Å². The molecule has 1 atom stereocenters. The van der Waals surface area contributed by atoms with Gasteiger partial charge >= 0.3 is 0 Å². The molecule has 0 aliphatic carbocycles. The number of H-pyrrole nitrogens is 1. The number of rotatable bonds is 3. The Morgan fingerprint density at radius 2 is 2.40 bits per heavy atom.